The number of nitrogens with zero attached hydrogens (tertiary/aromatic N) is 4. The normalized spacial score (nSPS) is 18.0. The van der Waals surface area contributed by atoms with Crippen LogP contribution >= 0.6 is 11.3 Å². The van der Waals surface area contributed by atoms with Gasteiger partial charge in [-0.15, -0.1) is 11.3 Å². The summed E-state index contributed by atoms with van der Waals surface area (Å²) in [6, 6.07) is 2.42. The molecule has 6 heteroatoms. The summed E-state index contributed by atoms with van der Waals surface area (Å²) in [5.74, 6) is 2.01. The minimum Gasteiger partial charge on any atom is -0.395 e. The average molecular weight is 320 g/mol. The van der Waals surface area contributed by atoms with Crippen molar-refractivity contribution in [1.82, 2.24) is 14.9 Å². The summed E-state index contributed by atoms with van der Waals surface area (Å²) >= 11 is 1.69. The Labute approximate surface area is 135 Å². The first-order chi connectivity index (χ1) is 10.8. The first-order valence-electron chi connectivity index (χ1n) is 8.10. The monoisotopic (exact) mass is 320 g/mol. The summed E-state index contributed by atoms with van der Waals surface area (Å²) in [4.78, 5) is 15.2. The molecule has 3 heterocycles. The van der Waals surface area contributed by atoms with Gasteiger partial charge in [0.2, 0.25) is 0 Å². The lowest BCUT2D eigenvalue weighted by molar-refractivity contribution is 0.114. The molecule has 1 fully saturated rings. The van der Waals surface area contributed by atoms with Gasteiger partial charge in [0.25, 0.3) is 0 Å². The van der Waals surface area contributed by atoms with Gasteiger partial charge in [-0.05, 0) is 17.9 Å². The van der Waals surface area contributed by atoms with Crippen molar-refractivity contribution in [3.63, 3.8) is 0 Å². The van der Waals surface area contributed by atoms with Gasteiger partial charge in [-0.2, -0.15) is 0 Å². The molecule has 1 aliphatic heterocycles. The topological polar surface area (TPSA) is 52.5 Å². The quantitative estimate of drug-likeness (QED) is 0.915. The number of thiophene rings is 1. The van der Waals surface area contributed by atoms with E-state index in [1.165, 1.54) is 5.39 Å². The first kappa shape index (κ1) is 15.6. The van der Waals surface area contributed by atoms with Gasteiger partial charge >= 0.3 is 0 Å². The second kappa shape index (κ2) is 6.89. The van der Waals surface area contributed by atoms with Crippen molar-refractivity contribution in [1.29, 1.82) is 0 Å². The molecule has 0 aliphatic carbocycles. The Bertz CT molecular complexity index is 618. The average Bonchev–Trinajstić information content (AvgIpc) is 3.04. The number of aliphatic hydroxyl groups excluding tert-OH is 1. The number of aromatic nitrogens is 2. The van der Waals surface area contributed by atoms with E-state index >= 15 is 0 Å². The number of aryl methyl sites for hydroxylation is 1. The van der Waals surface area contributed by atoms with Gasteiger partial charge in [-0.1, -0.05) is 13.8 Å². The molecule has 2 aromatic heterocycles. The highest BCUT2D eigenvalue weighted by atomic mass is 32.1. The van der Waals surface area contributed by atoms with Crippen LogP contribution in [0.4, 0.5) is 5.82 Å². The molecule has 22 heavy (non-hydrogen) atoms. The van der Waals surface area contributed by atoms with E-state index in [9.17, 15) is 5.11 Å². The summed E-state index contributed by atoms with van der Waals surface area (Å²) in [5, 5.41) is 12.7. The van der Waals surface area contributed by atoms with Crippen LogP contribution in [0.5, 0.6) is 0 Å². The van der Waals surface area contributed by atoms with Crippen LogP contribution in [0.3, 0.4) is 0 Å². The minimum absolute atomic E-state index is 0.249. The Morgan fingerprint density at radius 3 is 2.64 bits per heavy atom. The van der Waals surface area contributed by atoms with Crippen LogP contribution in [0.25, 0.3) is 10.2 Å². The Morgan fingerprint density at radius 1 is 1.23 bits per heavy atom. The molecule has 0 spiro atoms. The van der Waals surface area contributed by atoms with E-state index in [-0.39, 0.29) is 6.61 Å². The lowest BCUT2D eigenvalue weighted by atomic mass is 10.1. The SMILES string of the molecule is CCc1nc(N2CCN(C(CC)CO)CC2)c2ccsc2n1. The Balaban J connectivity index is 1.80. The van der Waals surface area contributed by atoms with Crippen LogP contribution in [0.2, 0.25) is 0 Å². The standard InChI is InChI=1S/C16H24N4OS/c1-3-12(11-21)19-6-8-20(9-7-19)15-13-5-10-22-16(13)18-14(4-2)17-15/h5,10,12,21H,3-4,6-9,11H2,1-2H3. The van der Waals surface area contributed by atoms with Crippen molar-refractivity contribution in [2.75, 3.05) is 37.7 Å². The molecular weight excluding hydrogens is 296 g/mol. The van der Waals surface area contributed by atoms with Crippen molar-refractivity contribution in [3.8, 4) is 0 Å². The van der Waals surface area contributed by atoms with E-state index in [4.69, 9.17) is 4.98 Å². The zero-order chi connectivity index (χ0) is 15.5. The smallest absolute Gasteiger partial charge is 0.141 e. The van der Waals surface area contributed by atoms with Gasteiger partial charge in [-0.25, -0.2) is 9.97 Å². The lowest BCUT2D eigenvalue weighted by Gasteiger charge is -2.39. The minimum atomic E-state index is 0.249. The molecule has 1 unspecified atom stereocenters. The second-order valence-electron chi connectivity index (χ2n) is 5.72. The van der Waals surface area contributed by atoms with E-state index in [1.807, 2.05) is 0 Å². The van der Waals surface area contributed by atoms with Crippen LogP contribution in [0.1, 0.15) is 26.1 Å². The molecule has 1 aliphatic rings. The van der Waals surface area contributed by atoms with Gasteiger partial charge in [-0.3, -0.25) is 4.90 Å². The molecule has 1 N–H and O–H groups in total. The summed E-state index contributed by atoms with van der Waals surface area (Å²) in [5.41, 5.74) is 0. The number of hydrogen-bond donors (Lipinski definition) is 1. The van der Waals surface area contributed by atoms with Crippen molar-refractivity contribution in [2.24, 2.45) is 0 Å². The molecule has 5 nitrogen and oxygen atoms in total. The third kappa shape index (κ3) is 2.95. The maximum absolute atomic E-state index is 9.47. The highest BCUT2D eigenvalue weighted by Gasteiger charge is 2.24. The largest absolute Gasteiger partial charge is 0.395 e. The fourth-order valence-corrected chi connectivity index (χ4v) is 3.86. The summed E-state index contributed by atoms with van der Waals surface area (Å²) in [7, 11) is 0. The predicted molar refractivity (Wildman–Crippen MR) is 91.7 cm³/mol. The van der Waals surface area contributed by atoms with Crippen LogP contribution in [0, 0.1) is 0 Å². The number of hydrogen-bond acceptors (Lipinski definition) is 6. The van der Waals surface area contributed by atoms with Gasteiger partial charge < -0.3 is 10.0 Å². The van der Waals surface area contributed by atoms with E-state index in [1.54, 1.807) is 11.3 Å². The molecule has 2 aromatic rings. The number of fused-ring (bicyclic) bond motifs is 1. The number of anilines is 1. The molecule has 0 bridgehead atoms. The third-order valence-corrected chi connectivity index (χ3v) is 5.29. The first-order valence-corrected chi connectivity index (χ1v) is 8.98. The van der Waals surface area contributed by atoms with Crippen molar-refractivity contribution in [2.45, 2.75) is 32.7 Å². The zero-order valence-electron chi connectivity index (χ0n) is 13.3. The fourth-order valence-electron chi connectivity index (χ4n) is 3.08. The van der Waals surface area contributed by atoms with Crippen LogP contribution < -0.4 is 4.90 Å². The van der Waals surface area contributed by atoms with Crippen molar-refractivity contribution >= 4 is 27.4 Å². The Kier molecular flexibility index (Phi) is 4.90. The molecule has 0 radical (unpaired) electrons. The maximum atomic E-state index is 9.47. The number of aliphatic hydroxyl groups is 1. The van der Waals surface area contributed by atoms with Crippen molar-refractivity contribution < 1.29 is 5.11 Å². The zero-order valence-corrected chi connectivity index (χ0v) is 14.1. The molecule has 120 valence electrons. The highest BCUT2D eigenvalue weighted by Crippen LogP contribution is 2.29. The van der Waals surface area contributed by atoms with Crippen molar-refractivity contribution in [3.05, 3.63) is 17.3 Å². The lowest BCUT2D eigenvalue weighted by Crippen LogP contribution is -2.51. The molecule has 1 atom stereocenters. The number of rotatable bonds is 5. The van der Waals surface area contributed by atoms with Gasteiger partial charge in [0.1, 0.15) is 16.5 Å². The summed E-state index contributed by atoms with van der Waals surface area (Å²) in [6.07, 6.45) is 1.86. The molecule has 0 saturated carbocycles. The van der Waals surface area contributed by atoms with E-state index in [2.05, 4.69) is 40.1 Å². The van der Waals surface area contributed by atoms with Gasteiger partial charge in [0, 0.05) is 38.6 Å². The van der Waals surface area contributed by atoms with Crippen LogP contribution in [0.15, 0.2) is 11.4 Å². The fraction of sp³-hybridized carbons (Fsp3) is 0.625. The Morgan fingerprint density at radius 2 is 2.00 bits per heavy atom. The Hall–Kier alpha value is -1.24. The number of piperazine rings is 1. The summed E-state index contributed by atoms with van der Waals surface area (Å²) in [6.45, 7) is 8.37. The van der Waals surface area contributed by atoms with Gasteiger partial charge in [0.05, 0.1) is 12.0 Å². The second-order valence-corrected chi connectivity index (χ2v) is 6.62. The summed E-state index contributed by atoms with van der Waals surface area (Å²) < 4.78 is 0. The molecule has 1 saturated heterocycles. The predicted octanol–water partition coefficient (Wildman–Crippen LogP) is 2.15. The van der Waals surface area contributed by atoms with Crippen LogP contribution in [-0.2, 0) is 6.42 Å². The molecule has 3 rings (SSSR count). The van der Waals surface area contributed by atoms with E-state index in [0.29, 0.717) is 6.04 Å². The van der Waals surface area contributed by atoms with Gasteiger partial charge in [0.15, 0.2) is 0 Å². The molecular formula is C16H24N4OS. The van der Waals surface area contributed by atoms with E-state index < -0.39 is 0 Å². The van der Waals surface area contributed by atoms with Crippen LogP contribution in [-0.4, -0.2) is 58.8 Å². The molecule has 0 aromatic carbocycles. The third-order valence-electron chi connectivity index (χ3n) is 4.48. The maximum Gasteiger partial charge on any atom is 0.141 e. The molecule has 0 amide bonds. The van der Waals surface area contributed by atoms with E-state index in [0.717, 1.165) is 55.5 Å². The highest BCUT2D eigenvalue weighted by molar-refractivity contribution is 7.16.